The van der Waals surface area contributed by atoms with Gasteiger partial charge >= 0.3 is 6.03 Å². The molecule has 1 saturated heterocycles. The van der Waals surface area contributed by atoms with E-state index in [9.17, 15) is 9.00 Å². The van der Waals surface area contributed by atoms with Crippen LogP contribution in [0.2, 0.25) is 0 Å². The van der Waals surface area contributed by atoms with Crippen LogP contribution in [0.5, 0.6) is 0 Å². The zero-order chi connectivity index (χ0) is 18.4. The van der Waals surface area contributed by atoms with E-state index in [2.05, 4.69) is 15.5 Å². The summed E-state index contributed by atoms with van der Waals surface area (Å²) >= 11 is 0. The average molecular weight is 384 g/mol. The second-order valence-corrected chi connectivity index (χ2v) is 10.4. The Balaban J connectivity index is 1.43. The number of carbonyl (C=O) groups excluding carboxylic acids is 1. The molecule has 0 bridgehead atoms. The van der Waals surface area contributed by atoms with Gasteiger partial charge in [0.2, 0.25) is 0 Å². The van der Waals surface area contributed by atoms with Crippen molar-refractivity contribution < 1.29 is 9.00 Å². The summed E-state index contributed by atoms with van der Waals surface area (Å²) in [4.78, 5) is 15.1. The average Bonchev–Trinajstić information content (AvgIpc) is 2.68. The number of hydrogen-bond donors (Lipinski definition) is 2. The Morgan fingerprint density at radius 1 is 0.962 bits per heavy atom. The van der Waals surface area contributed by atoms with Gasteiger partial charge in [-0.1, -0.05) is 32.6 Å². The first-order chi connectivity index (χ1) is 12.7. The van der Waals surface area contributed by atoms with Crippen LogP contribution in [0.15, 0.2) is 0 Å². The number of nitrogens with one attached hydrogen (secondary N) is 2. The zero-order valence-electron chi connectivity index (χ0n) is 16.4. The third-order valence-corrected chi connectivity index (χ3v) is 8.24. The van der Waals surface area contributed by atoms with Crippen LogP contribution in [0.25, 0.3) is 0 Å². The molecule has 26 heavy (non-hydrogen) atoms. The van der Waals surface area contributed by atoms with Gasteiger partial charge in [0.05, 0.1) is 0 Å². The van der Waals surface area contributed by atoms with Gasteiger partial charge in [-0.05, 0) is 51.5 Å². The largest absolute Gasteiger partial charge is 0.335 e. The number of amides is 2. The summed E-state index contributed by atoms with van der Waals surface area (Å²) in [7, 11) is -0.741. The molecular weight excluding hydrogens is 346 g/mol. The van der Waals surface area contributed by atoms with Crippen LogP contribution < -0.4 is 10.6 Å². The van der Waals surface area contributed by atoms with E-state index in [1.54, 1.807) is 0 Å². The molecule has 4 atom stereocenters. The Kier molecular flexibility index (Phi) is 7.79. The maximum absolute atomic E-state index is 12.5. The van der Waals surface area contributed by atoms with Crippen molar-refractivity contribution in [1.29, 1.82) is 0 Å². The summed E-state index contributed by atoms with van der Waals surface area (Å²) in [6, 6.07) is 1.17. The second kappa shape index (κ2) is 10.1. The molecular formula is C20H37N3O2S. The number of likely N-dealkylation sites (tertiary alicyclic amines) is 1. The van der Waals surface area contributed by atoms with E-state index in [0.717, 1.165) is 50.4 Å². The molecule has 0 aromatic rings. The lowest BCUT2D eigenvalue weighted by molar-refractivity contribution is 0.111. The third kappa shape index (κ3) is 5.69. The van der Waals surface area contributed by atoms with E-state index < -0.39 is 10.8 Å². The van der Waals surface area contributed by atoms with Crippen LogP contribution in [0, 0.1) is 0 Å². The van der Waals surface area contributed by atoms with E-state index in [-0.39, 0.29) is 23.4 Å². The van der Waals surface area contributed by atoms with Crippen molar-refractivity contribution in [3.63, 3.8) is 0 Å². The lowest BCUT2D eigenvalue weighted by Crippen LogP contribution is -2.54. The summed E-state index contributed by atoms with van der Waals surface area (Å²) < 4.78 is 12.1. The second-order valence-electron chi connectivity index (χ2n) is 8.40. The maximum atomic E-state index is 12.5. The number of rotatable bonds is 5. The van der Waals surface area contributed by atoms with Gasteiger partial charge in [0, 0.05) is 46.5 Å². The molecule has 2 N–H and O–H groups in total. The predicted molar refractivity (Wildman–Crippen MR) is 108 cm³/mol. The summed E-state index contributed by atoms with van der Waals surface area (Å²) in [5.74, 6) is 0.725. The Labute approximate surface area is 161 Å². The molecule has 2 amide bonds. The smallest absolute Gasteiger partial charge is 0.315 e. The Hall–Kier alpha value is -0.620. The fraction of sp³-hybridized carbons (Fsp3) is 0.950. The highest BCUT2D eigenvalue weighted by Gasteiger charge is 2.29. The number of hydrogen-bond acceptors (Lipinski definition) is 3. The standard InChI is InChI=1S/C20H37N3O2S/c1-2-26(25)19-12-6-8-16(14-19)21-20(24)22-17-9-7-13-23(15-17)18-10-4-3-5-11-18/h16-19H,2-15H2,1H3,(H2,21,22,24)/t16-,17+,19+,26+/m0/s1. The van der Waals surface area contributed by atoms with E-state index >= 15 is 0 Å². The van der Waals surface area contributed by atoms with Crippen molar-refractivity contribution in [2.75, 3.05) is 18.8 Å². The minimum atomic E-state index is -0.741. The van der Waals surface area contributed by atoms with Gasteiger partial charge < -0.3 is 10.6 Å². The molecule has 150 valence electrons. The molecule has 6 heteroatoms. The highest BCUT2D eigenvalue weighted by Crippen LogP contribution is 2.26. The van der Waals surface area contributed by atoms with Crippen LogP contribution in [-0.4, -0.2) is 57.4 Å². The molecule has 2 aliphatic carbocycles. The van der Waals surface area contributed by atoms with Gasteiger partial charge in [-0.25, -0.2) is 4.79 Å². The molecule has 0 radical (unpaired) electrons. The molecule has 0 unspecified atom stereocenters. The summed E-state index contributed by atoms with van der Waals surface area (Å²) in [6.45, 7) is 4.18. The number of carbonyl (C=O) groups is 1. The predicted octanol–water partition coefficient (Wildman–Crippen LogP) is 3.16. The third-order valence-electron chi connectivity index (χ3n) is 6.50. The number of urea groups is 1. The highest BCUT2D eigenvalue weighted by atomic mass is 32.2. The molecule has 0 spiro atoms. The van der Waals surface area contributed by atoms with Crippen molar-refractivity contribution in [1.82, 2.24) is 15.5 Å². The highest BCUT2D eigenvalue weighted by molar-refractivity contribution is 7.85. The summed E-state index contributed by atoms with van der Waals surface area (Å²) in [5.41, 5.74) is 0. The molecule has 5 nitrogen and oxygen atoms in total. The van der Waals surface area contributed by atoms with Crippen molar-refractivity contribution in [3.05, 3.63) is 0 Å². The minimum Gasteiger partial charge on any atom is -0.335 e. The molecule has 0 aromatic heterocycles. The first-order valence-electron chi connectivity index (χ1n) is 10.8. The fourth-order valence-electron chi connectivity index (χ4n) is 5.07. The first kappa shape index (κ1) is 20.1. The molecule has 1 heterocycles. The molecule has 3 aliphatic rings. The molecule has 1 aliphatic heterocycles. The summed E-state index contributed by atoms with van der Waals surface area (Å²) in [6.07, 6.45) is 13.0. The van der Waals surface area contributed by atoms with Crippen LogP contribution in [-0.2, 0) is 10.8 Å². The fourth-order valence-corrected chi connectivity index (χ4v) is 6.41. The van der Waals surface area contributed by atoms with E-state index in [4.69, 9.17) is 0 Å². The maximum Gasteiger partial charge on any atom is 0.315 e. The van der Waals surface area contributed by atoms with E-state index in [1.807, 2.05) is 6.92 Å². The minimum absolute atomic E-state index is 0.0200. The lowest BCUT2D eigenvalue weighted by atomic mass is 9.92. The van der Waals surface area contributed by atoms with Crippen molar-refractivity contribution in [2.24, 2.45) is 0 Å². The topological polar surface area (TPSA) is 61.4 Å². The van der Waals surface area contributed by atoms with Crippen LogP contribution in [0.4, 0.5) is 4.79 Å². The van der Waals surface area contributed by atoms with Gasteiger partial charge in [0.1, 0.15) is 0 Å². The molecule has 3 fully saturated rings. The molecule has 0 aromatic carbocycles. The molecule has 3 rings (SSSR count). The van der Waals surface area contributed by atoms with Crippen molar-refractivity contribution in [3.8, 4) is 0 Å². The lowest BCUT2D eigenvalue weighted by Gasteiger charge is -2.40. The Morgan fingerprint density at radius 2 is 1.69 bits per heavy atom. The SMILES string of the molecule is CC[S@@](=O)[C@@H]1CCC[C@H](NC(=O)N[C@@H]2CCCN(C3CCCCC3)C2)C1. The Morgan fingerprint density at radius 3 is 2.46 bits per heavy atom. The van der Waals surface area contributed by atoms with Gasteiger partial charge in [0.15, 0.2) is 0 Å². The van der Waals surface area contributed by atoms with Crippen molar-refractivity contribution in [2.45, 2.75) is 101 Å². The zero-order valence-corrected chi connectivity index (χ0v) is 17.2. The van der Waals surface area contributed by atoms with Crippen molar-refractivity contribution >= 4 is 16.8 Å². The quantitative estimate of drug-likeness (QED) is 0.767. The molecule has 2 saturated carbocycles. The van der Waals surface area contributed by atoms with Gasteiger partial charge in [0.25, 0.3) is 0 Å². The first-order valence-corrected chi connectivity index (χ1v) is 12.2. The van der Waals surface area contributed by atoms with Crippen LogP contribution >= 0.6 is 0 Å². The van der Waals surface area contributed by atoms with E-state index in [0.29, 0.717) is 0 Å². The number of nitrogens with zero attached hydrogens (tertiary/aromatic N) is 1. The number of piperidine rings is 1. The van der Waals surface area contributed by atoms with Gasteiger partial charge in [-0.15, -0.1) is 0 Å². The Bertz CT molecular complexity index is 482. The van der Waals surface area contributed by atoms with Gasteiger partial charge in [-0.2, -0.15) is 0 Å². The normalized spacial score (nSPS) is 32.7. The monoisotopic (exact) mass is 383 g/mol. The van der Waals surface area contributed by atoms with Gasteiger partial charge in [-0.3, -0.25) is 9.11 Å². The summed E-state index contributed by atoms with van der Waals surface area (Å²) in [5, 5.41) is 6.65. The van der Waals surface area contributed by atoms with Crippen LogP contribution in [0.1, 0.15) is 77.6 Å². The van der Waals surface area contributed by atoms with Crippen LogP contribution in [0.3, 0.4) is 0 Å². The van der Waals surface area contributed by atoms with E-state index in [1.165, 1.54) is 45.1 Å².